The fourth-order valence-corrected chi connectivity index (χ4v) is 7.05. The highest BCUT2D eigenvalue weighted by atomic mass is 16.3. The Kier molecular flexibility index (Phi) is 6.42. The van der Waals surface area contributed by atoms with Gasteiger partial charge in [-0.15, -0.1) is 0 Å². The van der Waals surface area contributed by atoms with Crippen LogP contribution in [0.4, 0.5) is 0 Å². The van der Waals surface area contributed by atoms with E-state index in [4.69, 9.17) is 19.4 Å². The van der Waals surface area contributed by atoms with Crippen LogP contribution >= 0.6 is 0 Å². The molecule has 0 radical (unpaired) electrons. The summed E-state index contributed by atoms with van der Waals surface area (Å²) >= 11 is 0. The lowest BCUT2D eigenvalue weighted by Gasteiger charge is -2.13. The summed E-state index contributed by atoms with van der Waals surface area (Å²) in [5, 5.41) is 4.47. The number of fused-ring (bicyclic) bond motifs is 7. The molecule has 234 valence electrons. The van der Waals surface area contributed by atoms with Crippen LogP contribution in [-0.4, -0.2) is 19.5 Å². The third-order valence-electron chi connectivity index (χ3n) is 9.45. The Morgan fingerprint density at radius 1 is 0.420 bits per heavy atom. The van der Waals surface area contributed by atoms with Gasteiger partial charge >= 0.3 is 0 Å². The summed E-state index contributed by atoms with van der Waals surface area (Å²) in [4.78, 5) is 15.4. The van der Waals surface area contributed by atoms with Gasteiger partial charge in [0.2, 0.25) is 5.89 Å². The molecule has 0 saturated carbocycles. The second-order valence-corrected chi connectivity index (χ2v) is 12.5. The quantitative estimate of drug-likeness (QED) is 0.188. The van der Waals surface area contributed by atoms with Gasteiger partial charge in [-0.2, -0.15) is 0 Å². The first-order valence-electron chi connectivity index (χ1n) is 16.7. The van der Waals surface area contributed by atoms with Gasteiger partial charge < -0.3 is 4.42 Å². The van der Waals surface area contributed by atoms with Gasteiger partial charge in [0, 0.05) is 38.9 Å². The summed E-state index contributed by atoms with van der Waals surface area (Å²) in [6.07, 6.45) is 0. The summed E-state index contributed by atoms with van der Waals surface area (Å²) in [7, 11) is 0. The van der Waals surface area contributed by atoms with Crippen molar-refractivity contribution >= 4 is 43.7 Å². The van der Waals surface area contributed by atoms with E-state index >= 15 is 0 Å². The van der Waals surface area contributed by atoms with Crippen LogP contribution in [0.25, 0.3) is 94.7 Å². The summed E-state index contributed by atoms with van der Waals surface area (Å²) < 4.78 is 8.94. The van der Waals surface area contributed by atoms with Crippen molar-refractivity contribution in [3.8, 4) is 51.0 Å². The van der Waals surface area contributed by atoms with Crippen LogP contribution in [0.3, 0.4) is 0 Å². The van der Waals surface area contributed by atoms with Gasteiger partial charge in [-0.1, -0.05) is 140 Å². The van der Waals surface area contributed by atoms with Gasteiger partial charge in [-0.05, 0) is 40.8 Å². The van der Waals surface area contributed by atoms with Gasteiger partial charge in [-0.25, -0.2) is 15.0 Å². The number of nitrogens with zero attached hydrogens (tertiary/aromatic N) is 4. The first-order valence-corrected chi connectivity index (χ1v) is 16.7. The molecule has 0 atom stereocenters. The Morgan fingerprint density at radius 3 is 1.78 bits per heavy atom. The Bertz CT molecular complexity index is 2840. The highest BCUT2D eigenvalue weighted by Gasteiger charge is 2.23. The maximum atomic E-state index is 6.68. The maximum absolute atomic E-state index is 6.68. The largest absolute Gasteiger partial charge is 0.434 e. The molecule has 50 heavy (non-hydrogen) atoms. The molecule has 3 heterocycles. The smallest absolute Gasteiger partial charge is 0.227 e. The van der Waals surface area contributed by atoms with Crippen molar-refractivity contribution in [3.63, 3.8) is 0 Å². The Balaban J connectivity index is 1.29. The topological polar surface area (TPSA) is 56.7 Å². The molecular weight excluding hydrogens is 613 g/mol. The highest BCUT2D eigenvalue weighted by Crippen LogP contribution is 2.41. The van der Waals surface area contributed by atoms with E-state index in [-0.39, 0.29) is 0 Å². The van der Waals surface area contributed by atoms with Gasteiger partial charge in [0.25, 0.3) is 0 Å². The lowest BCUT2D eigenvalue weighted by Crippen LogP contribution is -2.03. The number of oxazole rings is 1. The molecule has 0 N–H and O–H groups in total. The van der Waals surface area contributed by atoms with Crippen LogP contribution in [0, 0.1) is 0 Å². The number of rotatable bonds is 5. The second kappa shape index (κ2) is 11.4. The molecule has 0 amide bonds. The predicted molar refractivity (Wildman–Crippen MR) is 203 cm³/mol. The van der Waals surface area contributed by atoms with E-state index < -0.39 is 0 Å². The van der Waals surface area contributed by atoms with Crippen molar-refractivity contribution in [2.24, 2.45) is 0 Å². The molecule has 0 unspecified atom stereocenters. The summed E-state index contributed by atoms with van der Waals surface area (Å²) in [5.74, 6) is 1.98. The van der Waals surface area contributed by atoms with Crippen molar-refractivity contribution in [1.29, 1.82) is 0 Å². The second-order valence-electron chi connectivity index (χ2n) is 12.5. The minimum absolute atomic E-state index is 0.585. The zero-order valence-electron chi connectivity index (χ0n) is 26.9. The summed E-state index contributed by atoms with van der Waals surface area (Å²) in [6, 6.07) is 58.5. The Hall–Kier alpha value is -6.85. The van der Waals surface area contributed by atoms with Crippen LogP contribution in [0.15, 0.2) is 174 Å². The fraction of sp³-hybridized carbons (Fsp3) is 0. The molecule has 0 fully saturated rings. The van der Waals surface area contributed by atoms with Crippen LogP contribution in [0.5, 0.6) is 0 Å². The van der Waals surface area contributed by atoms with Crippen LogP contribution in [0.2, 0.25) is 0 Å². The van der Waals surface area contributed by atoms with E-state index in [1.807, 2.05) is 54.6 Å². The first-order chi connectivity index (χ1) is 24.8. The summed E-state index contributed by atoms with van der Waals surface area (Å²) in [6.45, 7) is 0. The van der Waals surface area contributed by atoms with Gasteiger partial charge in [0.1, 0.15) is 16.9 Å². The minimum atomic E-state index is 0.585. The van der Waals surface area contributed by atoms with E-state index in [9.17, 15) is 0 Å². The molecule has 0 spiro atoms. The minimum Gasteiger partial charge on any atom is -0.434 e. The normalized spacial score (nSPS) is 11.6. The molecule has 3 aromatic heterocycles. The van der Waals surface area contributed by atoms with Crippen LogP contribution < -0.4 is 0 Å². The SMILES string of the molecule is c1ccc(-c2ccc(-c3nc(-c4ccccc4)cc(-n4c5c6ccccc6ccc5c5ccc6nc(-c7ccccc7)oc6c54)n3)cc2)cc1. The van der Waals surface area contributed by atoms with Gasteiger partial charge in [0.15, 0.2) is 11.4 Å². The zero-order valence-corrected chi connectivity index (χ0v) is 26.9. The van der Waals surface area contributed by atoms with Gasteiger partial charge in [0.05, 0.1) is 11.2 Å². The molecule has 7 aromatic carbocycles. The molecule has 0 aliphatic carbocycles. The van der Waals surface area contributed by atoms with E-state index in [2.05, 4.69) is 120 Å². The lowest BCUT2D eigenvalue weighted by atomic mass is 10.0. The van der Waals surface area contributed by atoms with Gasteiger partial charge in [-0.3, -0.25) is 4.57 Å². The van der Waals surface area contributed by atoms with Crippen molar-refractivity contribution in [1.82, 2.24) is 19.5 Å². The number of hydrogen-bond acceptors (Lipinski definition) is 4. The standard InChI is InChI=1S/C45H28N4O/c1-4-12-29(13-5-1)30-20-22-33(23-21-30)44-46-39(32-15-6-2-7-16-32)28-40(48-44)49-41-35-19-11-10-14-31(35)24-25-36(41)37-26-27-38-43(42(37)49)50-45(47-38)34-17-8-3-9-18-34/h1-28H. The van der Waals surface area contributed by atoms with Crippen molar-refractivity contribution in [2.45, 2.75) is 0 Å². The molecule has 5 nitrogen and oxygen atoms in total. The third kappa shape index (κ3) is 4.60. The average molecular weight is 641 g/mol. The maximum Gasteiger partial charge on any atom is 0.227 e. The Morgan fingerprint density at radius 2 is 1.02 bits per heavy atom. The van der Waals surface area contributed by atoms with E-state index in [1.165, 1.54) is 5.56 Å². The molecule has 10 aromatic rings. The lowest BCUT2D eigenvalue weighted by molar-refractivity contribution is 0.621. The number of benzene rings is 7. The third-order valence-corrected chi connectivity index (χ3v) is 9.45. The van der Waals surface area contributed by atoms with Crippen molar-refractivity contribution < 1.29 is 4.42 Å². The van der Waals surface area contributed by atoms with Crippen molar-refractivity contribution in [3.05, 3.63) is 170 Å². The Labute approximate surface area is 287 Å². The molecule has 10 rings (SSSR count). The molecule has 0 bridgehead atoms. The van der Waals surface area contributed by atoms with E-state index in [0.29, 0.717) is 11.7 Å². The number of hydrogen-bond donors (Lipinski definition) is 0. The predicted octanol–water partition coefficient (Wildman–Crippen LogP) is 11.5. The average Bonchev–Trinajstić information content (AvgIpc) is 3.79. The van der Waals surface area contributed by atoms with E-state index in [0.717, 1.165) is 77.4 Å². The zero-order chi connectivity index (χ0) is 33.0. The monoisotopic (exact) mass is 640 g/mol. The molecule has 0 saturated heterocycles. The van der Waals surface area contributed by atoms with Crippen LogP contribution in [-0.2, 0) is 0 Å². The fourth-order valence-electron chi connectivity index (χ4n) is 7.05. The molecule has 0 aliphatic heterocycles. The summed E-state index contributed by atoms with van der Waals surface area (Å²) in [5.41, 5.74) is 9.52. The van der Waals surface area contributed by atoms with E-state index in [1.54, 1.807) is 0 Å². The van der Waals surface area contributed by atoms with Crippen LogP contribution in [0.1, 0.15) is 0 Å². The molecular formula is C45H28N4O. The first kappa shape index (κ1) is 28.2. The molecule has 5 heteroatoms. The van der Waals surface area contributed by atoms with Crippen molar-refractivity contribution in [2.75, 3.05) is 0 Å². The highest BCUT2D eigenvalue weighted by molar-refractivity contribution is 6.22. The molecule has 0 aliphatic rings. The number of aromatic nitrogens is 4.